The summed E-state index contributed by atoms with van der Waals surface area (Å²) in [5.74, 6) is 1.99. The number of carbonyl (C=O) groups excluding carboxylic acids is 1. The van der Waals surface area contributed by atoms with Gasteiger partial charge >= 0.3 is 12.0 Å². The van der Waals surface area contributed by atoms with Crippen molar-refractivity contribution in [1.82, 2.24) is 10.2 Å². The molecule has 2 N–H and O–H groups in total. The first-order chi connectivity index (χ1) is 8.13. The Morgan fingerprint density at radius 2 is 2.29 bits per heavy atom. The van der Waals surface area contributed by atoms with Gasteiger partial charge in [-0.05, 0) is 18.8 Å². The van der Waals surface area contributed by atoms with Crippen LogP contribution in [0.1, 0.15) is 25.7 Å². The largest absolute Gasteiger partial charge is 0.481 e. The summed E-state index contributed by atoms with van der Waals surface area (Å²) >= 11 is 0. The molecular weight excluding hydrogens is 220 g/mol. The van der Waals surface area contributed by atoms with E-state index in [1.165, 1.54) is 0 Å². The van der Waals surface area contributed by atoms with Gasteiger partial charge in [0.15, 0.2) is 0 Å². The average molecular weight is 238 g/mol. The molecule has 1 rings (SSSR count). The molecule has 1 aliphatic heterocycles. The van der Waals surface area contributed by atoms with Crippen molar-refractivity contribution in [3.05, 3.63) is 0 Å². The third-order valence-corrected chi connectivity index (χ3v) is 2.89. The molecule has 0 radical (unpaired) electrons. The molecule has 0 bridgehead atoms. The maximum Gasteiger partial charge on any atom is 0.317 e. The van der Waals surface area contributed by atoms with Crippen LogP contribution in [-0.4, -0.2) is 41.6 Å². The second kappa shape index (κ2) is 6.79. The number of nitrogens with zero attached hydrogens (tertiary/aromatic N) is 1. The number of likely N-dealkylation sites (tertiary alicyclic amines) is 1. The fraction of sp³-hybridized carbons (Fsp3) is 0.667. The number of carbonyl (C=O) groups is 2. The first-order valence-electron chi connectivity index (χ1n) is 5.81. The van der Waals surface area contributed by atoms with E-state index >= 15 is 0 Å². The number of urea groups is 1. The van der Waals surface area contributed by atoms with Gasteiger partial charge in [0.25, 0.3) is 0 Å². The maximum absolute atomic E-state index is 11.6. The van der Waals surface area contributed by atoms with Crippen molar-refractivity contribution in [3.8, 4) is 12.3 Å². The van der Waals surface area contributed by atoms with Crippen molar-refractivity contribution in [1.29, 1.82) is 0 Å². The highest BCUT2D eigenvalue weighted by Crippen LogP contribution is 2.20. The number of aliphatic carboxylic acids is 1. The van der Waals surface area contributed by atoms with Gasteiger partial charge in [0.2, 0.25) is 0 Å². The molecule has 17 heavy (non-hydrogen) atoms. The summed E-state index contributed by atoms with van der Waals surface area (Å²) in [6.45, 7) is 1.84. The van der Waals surface area contributed by atoms with E-state index in [9.17, 15) is 9.59 Å². The summed E-state index contributed by atoms with van der Waals surface area (Å²) < 4.78 is 0. The second-order valence-electron chi connectivity index (χ2n) is 4.22. The van der Waals surface area contributed by atoms with Crippen LogP contribution in [0.4, 0.5) is 4.79 Å². The summed E-state index contributed by atoms with van der Waals surface area (Å²) in [6, 6.07) is -0.0990. The van der Waals surface area contributed by atoms with Crippen LogP contribution in [0, 0.1) is 18.3 Å². The average Bonchev–Trinajstić information content (AvgIpc) is 2.75. The van der Waals surface area contributed by atoms with E-state index in [1.807, 2.05) is 0 Å². The zero-order valence-corrected chi connectivity index (χ0v) is 9.82. The molecule has 0 saturated carbocycles. The lowest BCUT2D eigenvalue weighted by Gasteiger charge is -2.16. The molecule has 0 aromatic rings. The summed E-state index contributed by atoms with van der Waals surface area (Å²) in [5, 5.41) is 11.3. The van der Waals surface area contributed by atoms with Crippen molar-refractivity contribution in [2.45, 2.75) is 25.7 Å². The maximum atomic E-state index is 11.6. The van der Waals surface area contributed by atoms with Crippen molar-refractivity contribution >= 4 is 12.0 Å². The Hall–Kier alpha value is -1.70. The second-order valence-corrected chi connectivity index (χ2v) is 4.22. The number of carboxylic acid groups (broad SMARTS) is 1. The molecule has 2 amide bonds. The summed E-state index contributed by atoms with van der Waals surface area (Å²) in [7, 11) is 0. The van der Waals surface area contributed by atoms with Crippen molar-refractivity contribution in [3.63, 3.8) is 0 Å². The quantitative estimate of drug-likeness (QED) is 0.552. The van der Waals surface area contributed by atoms with Gasteiger partial charge < -0.3 is 15.3 Å². The Kier molecular flexibility index (Phi) is 5.34. The minimum atomic E-state index is -0.776. The molecule has 0 aliphatic carbocycles. The van der Waals surface area contributed by atoms with Crippen LogP contribution in [0.25, 0.3) is 0 Å². The minimum absolute atomic E-state index is 0.0990. The number of carboxylic acids is 1. The van der Waals surface area contributed by atoms with Crippen LogP contribution in [0.15, 0.2) is 0 Å². The number of nitrogens with one attached hydrogen (secondary N) is 1. The highest BCUT2D eigenvalue weighted by atomic mass is 16.4. The van der Waals surface area contributed by atoms with E-state index in [0.29, 0.717) is 38.4 Å². The SMILES string of the molecule is C#CCCNC(=O)N1CCC(CCC(=O)O)C1. The van der Waals surface area contributed by atoms with Gasteiger partial charge in [0, 0.05) is 32.5 Å². The standard InChI is InChI=1S/C12H18N2O3/c1-2-3-7-13-12(17)14-8-6-10(9-14)4-5-11(15)16/h1,10H,3-9H2,(H,13,17)(H,15,16). The Morgan fingerprint density at radius 1 is 1.53 bits per heavy atom. The zero-order valence-electron chi connectivity index (χ0n) is 9.82. The van der Waals surface area contributed by atoms with Gasteiger partial charge in [-0.3, -0.25) is 4.79 Å². The van der Waals surface area contributed by atoms with Crippen molar-refractivity contribution < 1.29 is 14.7 Å². The van der Waals surface area contributed by atoms with Gasteiger partial charge in [-0.15, -0.1) is 12.3 Å². The number of hydrogen-bond donors (Lipinski definition) is 2. The molecule has 1 heterocycles. The van der Waals surface area contributed by atoms with Gasteiger partial charge in [0.05, 0.1) is 0 Å². The Bertz CT molecular complexity index is 322. The lowest BCUT2D eigenvalue weighted by Crippen LogP contribution is -2.38. The molecule has 0 aromatic heterocycles. The van der Waals surface area contributed by atoms with Gasteiger partial charge in [0.1, 0.15) is 0 Å². The topological polar surface area (TPSA) is 69.6 Å². The number of terminal acetylenes is 1. The Balaban J connectivity index is 2.22. The van der Waals surface area contributed by atoms with Crippen molar-refractivity contribution in [2.24, 2.45) is 5.92 Å². The Labute approximate surface area is 101 Å². The molecule has 5 nitrogen and oxygen atoms in total. The van der Waals surface area contributed by atoms with E-state index in [0.717, 1.165) is 6.42 Å². The molecular formula is C12H18N2O3. The zero-order chi connectivity index (χ0) is 12.7. The third-order valence-electron chi connectivity index (χ3n) is 2.89. The summed E-state index contributed by atoms with van der Waals surface area (Å²) in [4.78, 5) is 23.8. The molecule has 1 unspecified atom stereocenters. The molecule has 1 fully saturated rings. The van der Waals surface area contributed by atoms with Gasteiger partial charge in [-0.25, -0.2) is 4.79 Å². The van der Waals surface area contributed by atoms with E-state index in [2.05, 4.69) is 11.2 Å². The number of amides is 2. The number of hydrogen-bond acceptors (Lipinski definition) is 2. The molecule has 94 valence electrons. The van der Waals surface area contributed by atoms with Crippen LogP contribution < -0.4 is 5.32 Å². The van der Waals surface area contributed by atoms with E-state index in [-0.39, 0.29) is 12.5 Å². The number of rotatable bonds is 5. The van der Waals surface area contributed by atoms with Crippen LogP contribution in [0.3, 0.4) is 0 Å². The predicted molar refractivity (Wildman–Crippen MR) is 63.4 cm³/mol. The predicted octanol–water partition coefficient (Wildman–Crippen LogP) is 0.906. The lowest BCUT2D eigenvalue weighted by molar-refractivity contribution is -0.137. The van der Waals surface area contributed by atoms with Crippen LogP contribution in [-0.2, 0) is 4.79 Å². The van der Waals surface area contributed by atoms with E-state index in [1.54, 1.807) is 4.90 Å². The fourth-order valence-corrected chi connectivity index (χ4v) is 1.93. The highest BCUT2D eigenvalue weighted by Gasteiger charge is 2.26. The van der Waals surface area contributed by atoms with Gasteiger partial charge in [-0.2, -0.15) is 0 Å². The molecule has 0 aromatic carbocycles. The van der Waals surface area contributed by atoms with E-state index in [4.69, 9.17) is 11.5 Å². The first-order valence-corrected chi connectivity index (χ1v) is 5.81. The van der Waals surface area contributed by atoms with Crippen LogP contribution in [0.2, 0.25) is 0 Å². The molecule has 1 aliphatic rings. The monoisotopic (exact) mass is 238 g/mol. The fourth-order valence-electron chi connectivity index (χ4n) is 1.93. The molecule has 0 spiro atoms. The summed E-state index contributed by atoms with van der Waals surface area (Å²) in [6.07, 6.45) is 7.32. The third kappa shape index (κ3) is 4.77. The first kappa shape index (κ1) is 13.4. The summed E-state index contributed by atoms with van der Waals surface area (Å²) in [5.41, 5.74) is 0. The highest BCUT2D eigenvalue weighted by molar-refractivity contribution is 5.74. The Morgan fingerprint density at radius 3 is 2.94 bits per heavy atom. The van der Waals surface area contributed by atoms with E-state index < -0.39 is 5.97 Å². The smallest absolute Gasteiger partial charge is 0.317 e. The molecule has 1 atom stereocenters. The van der Waals surface area contributed by atoms with Crippen LogP contribution >= 0.6 is 0 Å². The van der Waals surface area contributed by atoms with Crippen LogP contribution in [0.5, 0.6) is 0 Å². The van der Waals surface area contributed by atoms with Crippen molar-refractivity contribution in [2.75, 3.05) is 19.6 Å². The normalized spacial score (nSPS) is 18.8. The minimum Gasteiger partial charge on any atom is -0.481 e. The molecule has 5 heteroatoms. The van der Waals surface area contributed by atoms with Gasteiger partial charge in [-0.1, -0.05) is 0 Å². The lowest BCUT2D eigenvalue weighted by atomic mass is 10.0. The molecule has 1 saturated heterocycles.